The number of amides is 2. The normalized spacial score (nSPS) is 17.5. The number of carbonyl (C=O) groups excluding carboxylic acids is 2. The number of carbonyl (C=O) groups is 2. The van der Waals surface area contributed by atoms with Crippen molar-refractivity contribution in [3.05, 3.63) is 30.3 Å². The minimum absolute atomic E-state index is 0. The van der Waals surface area contributed by atoms with Crippen molar-refractivity contribution in [3.8, 4) is 0 Å². The summed E-state index contributed by atoms with van der Waals surface area (Å²) in [6, 6.07) is 9.73. The number of rotatable bonds is 5. The summed E-state index contributed by atoms with van der Waals surface area (Å²) >= 11 is 0. The highest BCUT2D eigenvalue weighted by Crippen LogP contribution is 2.07. The summed E-state index contributed by atoms with van der Waals surface area (Å²) in [5.41, 5.74) is 0.950. The molecule has 2 saturated heterocycles. The van der Waals surface area contributed by atoms with Gasteiger partial charge in [0.2, 0.25) is 11.8 Å². The molecule has 0 bridgehead atoms. The summed E-state index contributed by atoms with van der Waals surface area (Å²) < 4.78 is 5.28. The van der Waals surface area contributed by atoms with Crippen molar-refractivity contribution in [2.75, 3.05) is 70.9 Å². The highest BCUT2D eigenvalue weighted by molar-refractivity contribution is 5.85. The molecule has 0 aromatic heterocycles. The average Bonchev–Trinajstić information content (AvgIpc) is 2.68. The number of hydrogen-bond acceptors (Lipinski definition) is 5. The Hall–Kier alpha value is -1.54. The topological polar surface area (TPSA) is 65.1 Å². The van der Waals surface area contributed by atoms with E-state index in [1.807, 2.05) is 40.1 Å². The van der Waals surface area contributed by atoms with Gasteiger partial charge in [-0.2, -0.15) is 0 Å². The van der Waals surface area contributed by atoms with E-state index < -0.39 is 0 Å². The van der Waals surface area contributed by atoms with Crippen molar-refractivity contribution < 1.29 is 14.3 Å². The number of para-hydroxylation sites is 1. The van der Waals surface area contributed by atoms with Crippen molar-refractivity contribution in [3.63, 3.8) is 0 Å². The molecule has 1 N–H and O–H groups in total. The monoisotopic (exact) mass is 418 g/mol. The average molecular weight is 419 g/mol. The van der Waals surface area contributed by atoms with E-state index in [1.54, 1.807) is 0 Å². The van der Waals surface area contributed by atoms with Gasteiger partial charge in [0, 0.05) is 45.0 Å². The second-order valence-electron chi connectivity index (χ2n) is 6.37. The van der Waals surface area contributed by atoms with Gasteiger partial charge in [-0.05, 0) is 12.1 Å². The van der Waals surface area contributed by atoms with Crippen molar-refractivity contribution in [2.24, 2.45) is 0 Å². The first-order chi connectivity index (χ1) is 12.2. The first-order valence-electron chi connectivity index (χ1n) is 8.87. The lowest BCUT2D eigenvalue weighted by Crippen LogP contribution is -2.53. The Kier molecular flexibility index (Phi) is 10.5. The number of nitrogens with one attached hydrogen (secondary N) is 1. The van der Waals surface area contributed by atoms with E-state index in [9.17, 15) is 9.59 Å². The van der Waals surface area contributed by atoms with Crippen LogP contribution in [0, 0.1) is 0 Å². The van der Waals surface area contributed by atoms with Crippen LogP contribution in [0.5, 0.6) is 0 Å². The number of nitrogens with zero attached hydrogens (tertiary/aromatic N) is 3. The maximum Gasteiger partial charge on any atom is 0.241 e. The zero-order chi connectivity index (χ0) is 17.5. The fraction of sp³-hybridized carbons (Fsp3) is 0.556. The molecule has 9 heteroatoms. The molecule has 0 saturated carbocycles. The van der Waals surface area contributed by atoms with Crippen LogP contribution in [-0.2, 0) is 14.3 Å². The molecule has 0 atom stereocenters. The van der Waals surface area contributed by atoms with Crippen molar-refractivity contribution >= 4 is 42.3 Å². The molecule has 2 aliphatic rings. The molecule has 0 radical (unpaired) electrons. The molecule has 152 valence electrons. The van der Waals surface area contributed by atoms with E-state index in [1.165, 1.54) is 0 Å². The van der Waals surface area contributed by atoms with Crippen LogP contribution in [0.2, 0.25) is 0 Å². The highest BCUT2D eigenvalue weighted by Gasteiger charge is 2.24. The van der Waals surface area contributed by atoms with E-state index >= 15 is 0 Å². The van der Waals surface area contributed by atoms with Gasteiger partial charge >= 0.3 is 0 Å². The summed E-state index contributed by atoms with van der Waals surface area (Å²) in [5, 5.41) is 3.15. The SMILES string of the molecule is Cl.Cl.O=C(CNc1ccccc1)N1CCN(CC(=O)N2CCOCC2)CC1. The van der Waals surface area contributed by atoms with E-state index in [0.717, 1.165) is 18.8 Å². The lowest BCUT2D eigenvalue weighted by atomic mass is 10.2. The molecule has 0 aliphatic carbocycles. The van der Waals surface area contributed by atoms with Crippen molar-refractivity contribution in [2.45, 2.75) is 0 Å². The molecule has 1 aromatic rings. The second kappa shape index (κ2) is 12.0. The number of morpholine rings is 1. The van der Waals surface area contributed by atoms with Crippen LogP contribution in [-0.4, -0.2) is 92.1 Å². The number of hydrogen-bond donors (Lipinski definition) is 1. The van der Waals surface area contributed by atoms with Crippen LogP contribution in [0.3, 0.4) is 0 Å². The Morgan fingerprint density at radius 1 is 0.852 bits per heavy atom. The maximum absolute atomic E-state index is 12.3. The van der Waals surface area contributed by atoms with E-state index in [-0.39, 0.29) is 36.6 Å². The minimum Gasteiger partial charge on any atom is -0.378 e. The standard InChI is InChI=1S/C18H26N4O3.2ClH/c23-17(14-19-16-4-2-1-3-5-16)21-8-6-20(7-9-21)15-18(24)22-10-12-25-13-11-22;;/h1-5,19H,6-15H2;2*1H. The predicted molar refractivity (Wildman–Crippen MR) is 110 cm³/mol. The summed E-state index contributed by atoms with van der Waals surface area (Å²) in [5.74, 6) is 0.261. The van der Waals surface area contributed by atoms with E-state index in [4.69, 9.17) is 4.74 Å². The van der Waals surface area contributed by atoms with Gasteiger partial charge < -0.3 is 19.9 Å². The Labute approximate surface area is 172 Å². The number of benzene rings is 1. The quantitative estimate of drug-likeness (QED) is 0.770. The molecule has 0 spiro atoms. The predicted octanol–water partition coefficient (Wildman–Crippen LogP) is 0.945. The summed E-state index contributed by atoms with van der Waals surface area (Å²) in [7, 11) is 0. The summed E-state index contributed by atoms with van der Waals surface area (Å²) in [4.78, 5) is 30.4. The Bertz CT molecular complexity index is 577. The van der Waals surface area contributed by atoms with Crippen LogP contribution >= 0.6 is 24.8 Å². The number of ether oxygens (including phenoxy) is 1. The van der Waals surface area contributed by atoms with E-state index in [0.29, 0.717) is 52.5 Å². The lowest BCUT2D eigenvalue weighted by Gasteiger charge is -2.36. The molecular weight excluding hydrogens is 391 g/mol. The van der Waals surface area contributed by atoms with Crippen LogP contribution in [0.25, 0.3) is 0 Å². The molecule has 2 aliphatic heterocycles. The van der Waals surface area contributed by atoms with Crippen LogP contribution < -0.4 is 5.32 Å². The largest absolute Gasteiger partial charge is 0.378 e. The van der Waals surface area contributed by atoms with Crippen molar-refractivity contribution in [1.82, 2.24) is 14.7 Å². The molecule has 27 heavy (non-hydrogen) atoms. The Morgan fingerprint density at radius 3 is 2.07 bits per heavy atom. The maximum atomic E-state index is 12.3. The molecule has 2 amide bonds. The minimum atomic E-state index is 0. The van der Waals surface area contributed by atoms with E-state index in [2.05, 4.69) is 10.2 Å². The summed E-state index contributed by atoms with van der Waals surface area (Å²) in [6.07, 6.45) is 0. The Balaban J connectivity index is 0.00000182. The number of piperazine rings is 1. The van der Waals surface area contributed by atoms with Gasteiger partial charge in [0.05, 0.1) is 26.3 Å². The fourth-order valence-corrected chi connectivity index (χ4v) is 3.10. The molecule has 1 aromatic carbocycles. The Morgan fingerprint density at radius 2 is 1.44 bits per heavy atom. The fourth-order valence-electron chi connectivity index (χ4n) is 3.10. The van der Waals surface area contributed by atoms with Gasteiger partial charge in [0.1, 0.15) is 0 Å². The number of halogens is 2. The van der Waals surface area contributed by atoms with Gasteiger partial charge in [-0.3, -0.25) is 14.5 Å². The highest BCUT2D eigenvalue weighted by atomic mass is 35.5. The first-order valence-corrected chi connectivity index (χ1v) is 8.87. The van der Waals surface area contributed by atoms with Gasteiger partial charge in [-0.25, -0.2) is 0 Å². The molecule has 7 nitrogen and oxygen atoms in total. The molecule has 3 rings (SSSR count). The van der Waals surface area contributed by atoms with Gasteiger partial charge in [0.25, 0.3) is 0 Å². The zero-order valence-electron chi connectivity index (χ0n) is 15.3. The molecule has 2 heterocycles. The van der Waals surface area contributed by atoms with Crippen LogP contribution in [0.4, 0.5) is 5.69 Å². The van der Waals surface area contributed by atoms with Crippen LogP contribution in [0.1, 0.15) is 0 Å². The summed E-state index contributed by atoms with van der Waals surface area (Å²) in [6.45, 7) is 6.19. The second-order valence-corrected chi connectivity index (χ2v) is 6.37. The molecule has 0 unspecified atom stereocenters. The van der Waals surface area contributed by atoms with Gasteiger partial charge in [0.15, 0.2) is 0 Å². The third-order valence-electron chi connectivity index (χ3n) is 4.67. The number of anilines is 1. The lowest BCUT2D eigenvalue weighted by molar-refractivity contribution is -0.137. The third kappa shape index (κ3) is 7.18. The zero-order valence-corrected chi connectivity index (χ0v) is 17.0. The van der Waals surface area contributed by atoms with Gasteiger partial charge in [-0.15, -0.1) is 24.8 Å². The first kappa shape index (κ1) is 23.5. The molecular formula is C18H28Cl2N4O3. The van der Waals surface area contributed by atoms with Crippen LogP contribution in [0.15, 0.2) is 30.3 Å². The smallest absolute Gasteiger partial charge is 0.241 e. The van der Waals surface area contributed by atoms with Gasteiger partial charge in [-0.1, -0.05) is 18.2 Å². The van der Waals surface area contributed by atoms with Crippen molar-refractivity contribution in [1.29, 1.82) is 0 Å². The molecule has 2 fully saturated rings. The third-order valence-corrected chi connectivity index (χ3v) is 4.67.